The van der Waals surface area contributed by atoms with E-state index in [2.05, 4.69) is 10.3 Å². The Bertz CT molecular complexity index is 668. The molecular weight excluding hydrogens is 242 g/mol. The third-order valence-electron chi connectivity index (χ3n) is 3.22. The lowest BCUT2D eigenvalue weighted by Crippen LogP contribution is -2.27. The highest BCUT2D eigenvalue weighted by atomic mass is 16.2. The summed E-state index contributed by atoms with van der Waals surface area (Å²) in [5.74, 6) is -0.159. The van der Waals surface area contributed by atoms with E-state index in [0.717, 1.165) is 5.69 Å². The number of aryl methyl sites for hydroxylation is 2. The van der Waals surface area contributed by atoms with Crippen LogP contribution in [0, 0.1) is 13.8 Å². The SMILES string of the molecule is Cc1c[nH]c(CNC(=O)c2cccn2C)c(C)c1=O. The van der Waals surface area contributed by atoms with Gasteiger partial charge in [-0.2, -0.15) is 0 Å². The van der Waals surface area contributed by atoms with Crippen LogP contribution in [-0.4, -0.2) is 15.5 Å². The van der Waals surface area contributed by atoms with E-state index in [-0.39, 0.29) is 11.3 Å². The lowest BCUT2D eigenvalue weighted by molar-refractivity contribution is 0.0942. The van der Waals surface area contributed by atoms with Crippen molar-refractivity contribution in [2.24, 2.45) is 7.05 Å². The Labute approximate surface area is 111 Å². The van der Waals surface area contributed by atoms with Crippen LogP contribution < -0.4 is 10.7 Å². The van der Waals surface area contributed by atoms with Gasteiger partial charge in [-0.1, -0.05) is 0 Å². The van der Waals surface area contributed by atoms with Gasteiger partial charge >= 0.3 is 0 Å². The van der Waals surface area contributed by atoms with Crippen molar-refractivity contribution in [1.82, 2.24) is 14.9 Å². The van der Waals surface area contributed by atoms with Crippen molar-refractivity contribution in [2.75, 3.05) is 0 Å². The summed E-state index contributed by atoms with van der Waals surface area (Å²) in [4.78, 5) is 26.8. The molecule has 0 aromatic carbocycles. The number of pyridine rings is 1. The molecule has 0 aliphatic rings. The molecule has 1 amide bonds. The number of aromatic nitrogens is 2. The number of carbonyl (C=O) groups is 1. The highest BCUT2D eigenvalue weighted by molar-refractivity contribution is 5.92. The summed E-state index contributed by atoms with van der Waals surface area (Å²) in [6, 6.07) is 3.56. The molecule has 5 nitrogen and oxygen atoms in total. The second-order valence-electron chi connectivity index (χ2n) is 4.59. The van der Waals surface area contributed by atoms with Gasteiger partial charge in [-0.15, -0.1) is 0 Å². The van der Waals surface area contributed by atoms with Gasteiger partial charge in [-0.3, -0.25) is 9.59 Å². The number of hydrogen-bond acceptors (Lipinski definition) is 2. The fourth-order valence-corrected chi connectivity index (χ4v) is 1.94. The molecule has 100 valence electrons. The molecular formula is C14H17N3O2. The molecule has 2 rings (SSSR count). The number of rotatable bonds is 3. The third-order valence-corrected chi connectivity index (χ3v) is 3.22. The zero-order chi connectivity index (χ0) is 14.0. The molecule has 0 spiro atoms. The second-order valence-corrected chi connectivity index (χ2v) is 4.59. The number of nitrogens with one attached hydrogen (secondary N) is 2. The lowest BCUT2D eigenvalue weighted by atomic mass is 10.1. The molecule has 0 saturated carbocycles. The Hall–Kier alpha value is -2.30. The molecule has 5 heteroatoms. The van der Waals surface area contributed by atoms with E-state index < -0.39 is 0 Å². The number of hydrogen-bond donors (Lipinski definition) is 2. The quantitative estimate of drug-likeness (QED) is 0.871. The molecule has 2 heterocycles. The van der Waals surface area contributed by atoms with E-state index in [4.69, 9.17) is 0 Å². The highest BCUT2D eigenvalue weighted by Gasteiger charge is 2.10. The predicted octanol–water partition coefficient (Wildman–Crippen LogP) is 1.26. The molecule has 0 unspecified atom stereocenters. The van der Waals surface area contributed by atoms with Crippen LogP contribution in [0.3, 0.4) is 0 Å². The number of aromatic amines is 1. The van der Waals surface area contributed by atoms with Crippen LogP contribution in [-0.2, 0) is 13.6 Å². The Morgan fingerprint density at radius 2 is 2.16 bits per heavy atom. The predicted molar refractivity (Wildman–Crippen MR) is 73.1 cm³/mol. The van der Waals surface area contributed by atoms with Crippen molar-refractivity contribution in [3.05, 3.63) is 57.3 Å². The molecule has 0 atom stereocenters. The van der Waals surface area contributed by atoms with Crippen molar-refractivity contribution in [3.8, 4) is 0 Å². The first-order valence-electron chi connectivity index (χ1n) is 6.08. The zero-order valence-electron chi connectivity index (χ0n) is 11.3. The van der Waals surface area contributed by atoms with Gasteiger partial charge in [0.1, 0.15) is 5.69 Å². The maximum absolute atomic E-state index is 11.9. The Morgan fingerprint density at radius 1 is 1.42 bits per heavy atom. The first-order valence-corrected chi connectivity index (χ1v) is 6.08. The van der Waals surface area contributed by atoms with Gasteiger partial charge in [-0.05, 0) is 26.0 Å². The fraction of sp³-hybridized carbons (Fsp3) is 0.286. The van der Waals surface area contributed by atoms with Crippen molar-refractivity contribution in [2.45, 2.75) is 20.4 Å². The van der Waals surface area contributed by atoms with Gasteiger partial charge in [-0.25, -0.2) is 0 Å². The molecule has 2 N–H and O–H groups in total. The number of amides is 1. The van der Waals surface area contributed by atoms with Gasteiger partial charge in [0.25, 0.3) is 5.91 Å². The van der Waals surface area contributed by atoms with Crippen LogP contribution >= 0.6 is 0 Å². The summed E-state index contributed by atoms with van der Waals surface area (Å²) in [6.07, 6.45) is 3.48. The van der Waals surface area contributed by atoms with E-state index in [1.165, 1.54) is 0 Å². The van der Waals surface area contributed by atoms with Crippen LogP contribution in [0.2, 0.25) is 0 Å². The topological polar surface area (TPSA) is 66.9 Å². The van der Waals surface area contributed by atoms with Gasteiger partial charge in [0, 0.05) is 36.3 Å². The van der Waals surface area contributed by atoms with Crippen molar-refractivity contribution < 1.29 is 4.79 Å². The number of nitrogens with zero attached hydrogens (tertiary/aromatic N) is 1. The van der Waals surface area contributed by atoms with E-state index in [1.54, 1.807) is 30.7 Å². The molecule has 19 heavy (non-hydrogen) atoms. The Morgan fingerprint density at radius 3 is 2.79 bits per heavy atom. The third kappa shape index (κ3) is 2.59. The van der Waals surface area contributed by atoms with Crippen molar-refractivity contribution in [1.29, 1.82) is 0 Å². The second kappa shape index (κ2) is 5.14. The van der Waals surface area contributed by atoms with E-state index in [1.807, 2.05) is 19.3 Å². The molecule has 0 fully saturated rings. The van der Waals surface area contributed by atoms with Gasteiger partial charge in [0.2, 0.25) is 0 Å². The standard InChI is InChI=1S/C14H17N3O2/c1-9-7-15-11(10(2)13(9)18)8-16-14(19)12-5-4-6-17(12)3/h4-7H,8H2,1-3H3,(H,15,18)(H,16,19). The summed E-state index contributed by atoms with van der Waals surface area (Å²) in [7, 11) is 1.81. The molecule has 0 bridgehead atoms. The molecule has 0 aliphatic carbocycles. The van der Waals surface area contributed by atoms with Crippen LogP contribution in [0.4, 0.5) is 0 Å². The van der Waals surface area contributed by atoms with Gasteiger partial charge in [0.15, 0.2) is 5.43 Å². The molecule has 2 aromatic heterocycles. The van der Waals surface area contributed by atoms with Gasteiger partial charge < -0.3 is 14.9 Å². The first kappa shape index (κ1) is 13.1. The number of carbonyl (C=O) groups excluding carboxylic acids is 1. The molecule has 0 radical (unpaired) electrons. The minimum absolute atomic E-state index is 0.0156. The number of H-pyrrole nitrogens is 1. The summed E-state index contributed by atoms with van der Waals surface area (Å²) < 4.78 is 1.75. The lowest BCUT2D eigenvalue weighted by Gasteiger charge is -2.09. The molecule has 2 aromatic rings. The summed E-state index contributed by atoms with van der Waals surface area (Å²) in [5.41, 5.74) is 2.66. The normalized spacial score (nSPS) is 10.5. The van der Waals surface area contributed by atoms with E-state index >= 15 is 0 Å². The fourth-order valence-electron chi connectivity index (χ4n) is 1.94. The smallest absolute Gasteiger partial charge is 0.268 e. The first-order chi connectivity index (χ1) is 9.00. The largest absolute Gasteiger partial charge is 0.363 e. The summed E-state index contributed by atoms with van der Waals surface area (Å²) in [5, 5.41) is 2.80. The monoisotopic (exact) mass is 259 g/mol. The average molecular weight is 259 g/mol. The molecule has 0 saturated heterocycles. The van der Waals surface area contributed by atoms with Crippen LogP contribution in [0.5, 0.6) is 0 Å². The van der Waals surface area contributed by atoms with Crippen molar-refractivity contribution in [3.63, 3.8) is 0 Å². The Kier molecular flexibility index (Phi) is 3.55. The summed E-state index contributed by atoms with van der Waals surface area (Å²) >= 11 is 0. The maximum Gasteiger partial charge on any atom is 0.268 e. The minimum atomic E-state index is -0.159. The van der Waals surface area contributed by atoms with Crippen molar-refractivity contribution >= 4 is 5.91 Å². The average Bonchev–Trinajstić information content (AvgIpc) is 2.81. The summed E-state index contributed by atoms with van der Waals surface area (Å²) in [6.45, 7) is 3.83. The maximum atomic E-state index is 11.9. The van der Waals surface area contributed by atoms with Crippen LogP contribution in [0.1, 0.15) is 27.3 Å². The van der Waals surface area contributed by atoms with Crippen LogP contribution in [0.25, 0.3) is 0 Å². The zero-order valence-corrected chi connectivity index (χ0v) is 11.3. The van der Waals surface area contributed by atoms with Crippen LogP contribution in [0.15, 0.2) is 29.3 Å². The van der Waals surface area contributed by atoms with E-state index in [0.29, 0.717) is 23.4 Å². The Balaban J connectivity index is 2.12. The highest BCUT2D eigenvalue weighted by Crippen LogP contribution is 2.03. The minimum Gasteiger partial charge on any atom is -0.363 e. The van der Waals surface area contributed by atoms with E-state index in [9.17, 15) is 9.59 Å². The molecule has 0 aliphatic heterocycles. The van der Waals surface area contributed by atoms with Gasteiger partial charge in [0.05, 0.1) is 6.54 Å².